The quantitative estimate of drug-likeness (QED) is 0.919. The largest absolute Gasteiger partial charge is 0.385 e. The summed E-state index contributed by atoms with van der Waals surface area (Å²) >= 11 is 0. The Morgan fingerprint density at radius 1 is 1.26 bits per heavy atom. The molecule has 0 saturated heterocycles. The summed E-state index contributed by atoms with van der Waals surface area (Å²) in [6, 6.07) is 0.324. The number of anilines is 1. The summed E-state index contributed by atoms with van der Waals surface area (Å²) in [4.78, 5) is 8.85. The van der Waals surface area contributed by atoms with Gasteiger partial charge < -0.3 is 15.0 Å². The second kappa shape index (κ2) is 5.17. The maximum Gasteiger partial charge on any atom is 0.146 e. The van der Waals surface area contributed by atoms with Crippen LogP contribution in [0.4, 0.5) is 5.82 Å². The Morgan fingerprint density at radius 2 is 1.95 bits per heavy atom. The van der Waals surface area contributed by atoms with E-state index < -0.39 is 0 Å². The number of fused-ring (bicyclic) bond motifs is 1. The molecular formula is C14H22N4O. The van der Waals surface area contributed by atoms with Crippen LogP contribution in [-0.2, 0) is 4.74 Å². The lowest BCUT2D eigenvalue weighted by molar-refractivity contribution is 0.181. The van der Waals surface area contributed by atoms with Gasteiger partial charge in [-0.15, -0.1) is 0 Å². The van der Waals surface area contributed by atoms with Gasteiger partial charge in [-0.05, 0) is 39.7 Å². The van der Waals surface area contributed by atoms with Gasteiger partial charge in [-0.3, -0.25) is 0 Å². The highest BCUT2D eigenvalue weighted by molar-refractivity contribution is 5.91. The van der Waals surface area contributed by atoms with E-state index in [1.807, 2.05) is 6.92 Å². The molecule has 0 bridgehead atoms. The molecule has 0 fully saturated rings. The molecule has 1 atom stereocenters. The molecule has 2 rings (SSSR count). The van der Waals surface area contributed by atoms with Gasteiger partial charge in [-0.25, -0.2) is 9.97 Å². The second-order valence-electron chi connectivity index (χ2n) is 5.07. The Morgan fingerprint density at radius 3 is 2.58 bits per heavy atom. The Bertz CT molecular complexity index is 603. The van der Waals surface area contributed by atoms with Crippen LogP contribution in [-0.4, -0.2) is 28.3 Å². The lowest BCUT2D eigenvalue weighted by atomic mass is 10.2. The minimum atomic E-state index is 0.324. The number of nitrogen functional groups attached to an aromatic ring is 1. The lowest BCUT2D eigenvalue weighted by Gasteiger charge is -2.16. The summed E-state index contributed by atoms with van der Waals surface area (Å²) in [6.45, 7) is 8.97. The van der Waals surface area contributed by atoms with Crippen LogP contribution in [0, 0.1) is 20.8 Å². The zero-order chi connectivity index (χ0) is 14.2. The summed E-state index contributed by atoms with van der Waals surface area (Å²) in [7, 11) is 1.73. The van der Waals surface area contributed by atoms with Crippen molar-refractivity contribution in [2.24, 2.45) is 0 Å². The van der Waals surface area contributed by atoms with Gasteiger partial charge in [0.2, 0.25) is 0 Å². The number of aryl methyl sites for hydroxylation is 2. The van der Waals surface area contributed by atoms with Crippen molar-refractivity contribution >= 4 is 16.9 Å². The Kier molecular flexibility index (Phi) is 3.75. The van der Waals surface area contributed by atoms with Gasteiger partial charge in [-0.2, -0.15) is 0 Å². The van der Waals surface area contributed by atoms with Gasteiger partial charge in [0.25, 0.3) is 0 Å². The van der Waals surface area contributed by atoms with Crippen LogP contribution in [0.5, 0.6) is 0 Å². The predicted molar refractivity (Wildman–Crippen MR) is 77.4 cm³/mol. The SMILES string of the molecule is COCCC(C)n1c(C)c(C)c2c(N)nc(C)nc21. The Labute approximate surface area is 113 Å². The van der Waals surface area contributed by atoms with Crippen molar-refractivity contribution in [3.8, 4) is 0 Å². The van der Waals surface area contributed by atoms with E-state index in [1.54, 1.807) is 7.11 Å². The molecule has 2 aromatic rings. The third-order valence-corrected chi connectivity index (χ3v) is 3.72. The fourth-order valence-electron chi connectivity index (χ4n) is 2.59. The molecule has 0 aliphatic rings. The number of ether oxygens (including phenoxy) is 1. The molecule has 5 nitrogen and oxygen atoms in total. The molecule has 0 saturated carbocycles. The van der Waals surface area contributed by atoms with Crippen molar-refractivity contribution < 1.29 is 4.74 Å². The lowest BCUT2D eigenvalue weighted by Crippen LogP contribution is -2.10. The van der Waals surface area contributed by atoms with E-state index in [4.69, 9.17) is 10.5 Å². The van der Waals surface area contributed by atoms with E-state index in [0.29, 0.717) is 17.7 Å². The highest BCUT2D eigenvalue weighted by atomic mass is 16.5. The zero-order valence-corrected chi connectivity index (χ0v) is 12.3. The highest BCUT2D eigenvalue weighted by Crippen LogP contribution is 2.31. The maximum absolute atomic E-state index is 6.05. The Balaban J connectivity index is 2.63. The fraction of sp³-hybridized carbons (Fsp3) is 0.571. The first-order chi connectivity index (χ1) is 8.97. The van der Waals surface area contributed by atoms with Gasteiger partial charge in [0.15, 0.2) is 0 Å². The van der Waals surface area contributed by atoms with Gasteiger partial charge in [-0.1, -0.05) is 0 Å². The van der Waals surface area contributed by atoms with E-state index in [-0.39, 0.29) is 0 Å². The first-order valence-corrected chi connectivity index (χ1v) is 6.57. The molecule has 0 aliphatic carbocycles. The van der Waals surface area contributed by atoms with Crippen LogP contribution in [0.3, 0.4) is 0 Å². The highest BCUT2D eigenvalue weighted by Gasteiger charge is 2.19. The van der Waals surface area contributed by atoms with Crippen LogP contribution in [0.15, 0.2) is 0 Å². The van der Waals surface area contributed by atoms with E-state index in [1.165, 1.54) is 5.69 Å². The normalized spacial score (nSPS) is 13.1. The minimum Gasteiger partial charge on any atom is -0.385 e. The van der Waals surface area contributed by atoms with Gasteiger partial charge in [0.05, 0.1) is 5.39 Å². The van der Waals surface area contributed by atoms with Crippen molar-refractivity contribution in [3.63, 3.8) is 0 Å². The molecule has 0 aromatic carbocycles. The monoisotopic (exact) mass is 262 g/mol. The molecule has 2 N–H and O–H groups in total. The average Bonchev–Trinajstić information content (AvgIpc) is 2.59. The standard InChI is InChI=1S/C14H22N4O/c1-8(6-7-19-5)18-10(3)9(2)12-13(15)16-11(4)17-14(12)18/h8H,6-7H2,1-5H3,(H2,15,16,17). The molecule has 0 radical (unpaired) electrons. The fourth-order valence-corrected chi connectivity index (χ4v) is 2.59. The topological polar surface area (TPSA) is 66.0 Å². The van der Waals surface area contributed by atoms with Crippen LogP contribution in [0.1, 0.15) is 36.5 Å². The molecule has 2 heterocycles. The van der Waals surface area contributed by atoms with E-state index in [0.717, 1.165) is 29.6 Å². The third kappa shape index (κ3) is 2.30. The minimum absolute atomic E-state index is 0.324. The maximum atomic E-state index is 6.05. The summed E-state index contributed by atoms with van der Waals surface area (Å²) in [5, 5.41) is 0.979. The number of aromatic nitrogens is 3. The van der Waals surface area contributed by atoms with E-state index in [9.17, 15) is 0 Å². The van der Waals surface area contributed by atoms with Crippen molar-refractivity contribution in [1.29, 1.82) is 0 Å². The van der Waals surface area contributed by atoms with Crippen LogP contribution >= 0.6 is 0 Å². The van der Waals surface area contributed by atoms with Crippen molar-refractivity contribution in [2.75, 3.05) is 19.5 Å². The summed E-state index contributed by atoms with van der Waals surface area (Å²) < 4.78 is 7.41. The number of hydrogen-bond acceptors (Lipinski definition) is 4. The van der Waals surface area contributed by atoms with Crippen molar-refractivity contribution in [3.05, 3.63) is 17.1 Å². The number of rotatable bonds is 4. The molecular weight excluding hydrogens is 240 g/mol. The molecule has 104 valence electrons. The third-order valence-electron chi connectivity index (χ3n) is 3.72. The Hall–Kier alpha value is -1.62. The number of hydrogen-bond donors (Lipinski definition) is 1. The second-order valence-corrected chi connectivity index (χ2v) is 5.07. The number of nitrogens with two attached hydrogens (primary N) is 1. The molecule has 5 heteroatoms. The molecule has 19 heavy (non-hydrogen) atoms. The van der Waals surface area contributed by atoms with Crippen LogP contribution in [0.25, 0.3) is 11.0 Å². The van der Waals surface area contributed by atoms with Crippen molar-refractivity contribution in [2.45, 2.75) is 40.2 Å². The molecule has 0 aliphatic heterocycles. The van der Waals surface area contributed by atoms with Crippen LogP contribution in [0.2, 0.25) is 0 Å². The van der Waals surface area contributed by atoms with E-state index in [2.05, 4.69) is 35.3 Å². The smallest absolute Gasteiger partial charge is 0.146 e. The van der Waals surface area contributed by atoms with Gasteiger partial charge in [0.1, 0.15) is 17.3 Å². The molecule has 1 unspecified atom stereocenters. The molecule has 0 amide bonds. The number of nitrogens with zero attached hydrogens (tertiary/aromatic N) is 3. The first kappa shape index (κ1) is 13.8. The van der Waals surface area contributed by atoms with Crippen LogP contribution < -0.4 is 5.73 Å². The molecule has 0 spiro atoms. The van der Waals surface area contributed by atoms with Gasteiger partial charge >= 0.3 is 0 Å². The first-order valence-electron chi connectivity index (χ1n) is 6.57. The van der Waals surface area contributed by atoms with E-state index >= 15 is 0 Å². The summed E-state index contributed by atoms with van der Waals surface area (Å²) in [5.41, 5.74) is 9.35. The molecule has 2 aromatic heterocycles. The zero-order valence-electron chi connectivity index (χ0n) is 12.3. The summed E-state index contributed by atoms with van der Waals surface area (Å²) in [5.74, 6) is 1.28. The number of methoxy groups -OCH3 is 1. The van der Waals surface area contributed by atoms with Gasteiger partial charge in [0, 0.05) is 25.5 Å². The predicted octanol–water partition coefficient (Wildman–Crippen LogP) is 2.54. The summed E-state index contributed by atoms with van der Waals surface area (Å²) in [6.07, 6.45) is 0.948. The van der Waals surface area contributed by atoms with Crippen molar-refractivity contribution in [1.82, 2.24) is 14.5 Å². The average molecular weight is 262 g/mol.